The third kappa shape index (κ3) is 11.1. The van der Waals surface area contributed by atoms with Gasteiger partial charge in [-0.2, -0.15) is 5.10 Å². The highest BCUT2D eigenvalue weighted by Crippen LogP contribution is 2.36. The predicted molar refractivity (Wildman–Crippen MR) is 253 cm³/mol. The van der Waals surface area contributed by atoms with E-state index in [2.05, 4.69) is 25.9 Å². The van der Waals surface area contributed by atoms with Crippen LogP contribution in [0.1, 0.15) is 66.6 Å². The number of carbonyl (C=O) groups excluding carboxylic acids is 2. The van der Waals surface area contributed by atoms with Gasteiger partial charge in [0, 0.05) is 51.9 Å². The summed E-state index contributed by atoms with van der Waals surface area (Å²) in [6, 6.07) is 25.1. The minimum absolute atomic E-state index is 0.0427. The molecule has 0 aliphatic carbocycles. The van der Waals surface area contributed by atoms with Crippen molar-refractivity contribution in [2.45, 2.75) is 45.7 Å². The van der Waals surface area contributed by atoms with Crippen LogP contribution in [0.3, 0.4) is 0 Å². The number of aliphatic imine (C=N–C) groups is 2. The maximum absolute atomic E-state index is 13.4. The summed E-state index contributed by atoms with van der Waals surface area (Å²) >= 11 is 12.5. The van der Waals surface area contributed by atoms with Crippen LogP contribution in [0.2, 0.25) is 10.0 Å². The molecule has 4 aromatic carbocycles. The molecule has 340 valence electrons. The second kappa shape index (κ2) is 22.0. The summed E-state index contributed by atoms with van der Waals surface area (Å²) in [5.41, 5.74) is 6.28. The van der Waals surface area contributed by atoms with Crippen molar-refractivity contribution in [3.8, 4) is 17.2 Å². The van der Waals surface area contributed by atoms with Crippen LogP contribution >= 0.6 is 23.2 Å². The first kappa shape index (κ1) is 46.7. The maximum Gasteiger partial charge on any atom is 0.222 e. The van der Waals surface area contributed by atoms with Crippen molar-refractivity contribution in [1.82, 2.24) is 25.4 Å². The minimum Gasteiger partial charge on any atom is -0.497 e. The summed E-state index contributed by atoms with van der Waals surface area (Å²) in [7, 11) is 1.62. The zero-order valence-electron chi connectivity index (χ0n) is 36.7. The average Bonchev–Trinajstić information content (AvgIpc) is 3.57. The molecule has 16 nitrogen and oxygen atoms in total. The number of carbonyl (C=O) groups is 2. The number of benzene rings is 4. The van der Waals surface area contributed by atoms with Gasteiger partial charge in [-0.05, 0) is 81.4 Å². The fourth-order valence-electron chi connectivity index (χ4n) is 7.75. The summed E-state index contributed by atoms with van der Waals surface area (Å²) in [6.45, 7) is 8.61. The fraction of sp³-hybridized carbons (Fsp3) is 0.340. The Bertz CT molecular complexity index is 2560. The first-order chi connectivity index (χ1) is 31.6. The zero-order chi connectivity index (χ0) is 45.9. The van der Waals surface area contributed by atoms with E-state index >= 15 is 0 Å². The van der Waals surface area contributed by atoms with E-state index in [9.17, 15) is 9.59 Å². The topological polar surface area (TPSA) is 192 Å². The van der Waals surface area contributed by atoms with Crippen molar-refractivity contribution in [3.63, 3.8) is 0 Å². The molecule has 3 heterocycles. The summed E-state index contributed by atoms with van der Waals surface area (Å²) < 4.78 is 25.2. The Morgan fingerprint density at radius 1 is 0.723 bits per heavy atom. The number of rotatable bonds is 19. The van der Waals surface area contributed by atoms with Crippen molar-refractivity contribution >= 4 is 58.0 Å². The third-order valence-electron chi connectivity index (χ3n) is 10.8. The van der Waals surface area contributed by atoms with E-state index in [4.69, 9.17) is 58.0 Å². The van der Waals surface area contributed by atoms with Crippen molar-refractivity contribution in [2.75, 3.05) is 64.7 Å². The minimum atomic E-state index is -0.630. The van der Waals surface area contributed by atoms with Crippen LogP contribution < -0.4 is 30.8 Å². The number of nitrogens with one attached hydrogen (secondary N) is 2. The van der Waals surface area contributed by atoms with Gasteiger partial charge < -0.3 is 40.3 Å². The molecule has 0 fully saturated rings. The number of likely N-dealkylation sites (N-methyl/N-ethyl adjacent to an activating group) is 1. The lowest BCUT2D eigenvalue weighted by atomic mass is 9.99. The van der Waals surface area contributed by atoms with E-state index in [1.807, 2.05) is 103 Å². The van der Waals surface area contributed by atoms with E-state index in [0.29, 0.717) is 89.9 Å². The lowest BCUT2D eigenvalue weighted by molar-refractivity contribution is -0.122. The molecule has 2 amide bonds. The molecule has 2 atom stereocenters. The largest absolute Gasteiger partial charge is 0.497 e. The number of hydrazone groups is 1. The number of amides is 2. The Morgan fingerprint density at radius 2 is 1.29 bits per heavy atom. The van der Waals surface area contributed by atoms with Crippen molar-refractivity contribution in [1.29, 1.82) is 0 Å². The van der Waals surface area contributed by atoms with E-state index < -0.39 is 12.1 Å². The summed E-state index contributed by atoms with van der Waals surface area (Å²) in [6.07, 6.45) is 0.118. The van der Waals surface area contributed by atoms with Gasteiger partial charge in [0.05, 0.1) is 69.2 Å². The predicted octanol–water partition coefficient (Wildman–Crippen LogP) is 6.25. The van der Waals surface area contributed by atoms with Crippen LogP contribution in [0.5, 0.6) is 11.5 Å². The Kier molecular flexibility index (Phi) is 15.8. The number of fused-ring (bicyclic) bond motifs is 4. The third-order valence-corrected chi connectivity index (χ3v) is 11.3. The molecule has 0 bridgehead atoms. The molecular weight excluding hydrogens is 871 g/mol. The number of anilines is 1. The van der Waals surface area contributed by atoms with Gasteiger partial charge >= 0.3 is 0 Å². The normalized spacial score (nSPS) is 16.0. The number of nitrogens with two attached hydrogens (primary N) is 1. The first-order valence-corrected chi connectivity index (χ1v) is 22.2. The van der Waals surface area contributed by atoms with Crippen LogP contribution in [0.4, 0.5) is 5.69 Å². The van der Waals surface area contributed by atoms with Gasteiger partial charge in [0.15, 0.2) is 11.7 Å². The Balaban J connectivity index is 0.911. The molecule has 18 heteroatoms. The zero-order valence-corrected chi connectivity index (χ0v) is 38.2. The highest BCUT2D eigenvalue weighted by atomic mass is 35.5. The number of hydrogen-bond donors (Lipinski definition) is 3. The number of nitrogens with zero attached hydrogens (tertiary/aromatic N) is 7. The van der Waals surface area contributed by atoms with Crippen LogP contribution in [0.15, 0.2) is 100 Å². The smallest absolute Gasteiger partial charge is 0.222 e. The van der Waals surface area contributed by atoms with Gasteiger partial charge in [-0.25, -0.2) is 0 Å². The van der Waals surface area contributed by atoms with Crippen LogP contribution in [0, 0.1) is 6.92 Å². The molecule has 2 aliphatic rings. The molecule has 0 saturated carbocycles. The Hall–Kier alpha value is -6.33. The van der Waals surface area contributed by atoms with Crippen molar-refractivity contribution in [3.05, 3.63) is 129 Å². The van der Waals surface area contributed by atoms with Gasteiger partial charge in [0.1, 0.15) is 36.0 Å². The molecule has 0 radical (unpaired) electrons. The Labute approximate surface area is 387 Å². The standard InChI is InChI=1S/C47H52Cl2N10O6/c1-5-51-42(60)27-38-46(55-50)58(6-2)40-17-16-35(26-36(40)44(53-38)30-7-11-32(48)12-8-30)65-24-23-64-22-21-63-20-19-52-43(61)28-39-47-57-56-29(3)59(47)41-18-15-34(62-4)25-37(41)45(54-39)31-9-13-33(49)14-10-31/h7-18,25-26,38-39H,5-6,19-24,27-28,50H2,1-4H3,(H,51,60)(H,52,61)/b55-46-/t38-,39-/m0/s1. The molecule has 65 heavy (non-hydrogen) atoms. The molecule has 0 unspecified atom stereocenters. The van der Waals surface area contributed by atoms with Crippen LogP contribution in [0.25, 0.3) is 5.69 Å². The number of aromatic nitrogens is 3. The number of amidine groups is 1. The first-order valence-electron chi connectivity index (χ1n) is 21.4. The second-order valence-corrected chi connectivity index (χ2v) is 15.9. The molecule has 7 rings (SSSR count). The number of halogens is 2. The average molecular weight is 924 g/mol. The SMILES string of the molecule is CCNC(=O)C[C@@H]1N=C(c2ccc(Cl)cc2)c2cc(OCCOCCOCCNC(=O)C[C@@H]3N=C(c4ccc(Cl)cc4)c4cc(OC)ccc4-n4c(C)nnc43)ccc2N(CC)/C1=N\N. The van der Waals surface area contributed by atoms with Crippen LogP contribution in [-0.2, 0) is 19.1 Å². The second-order valence-electron chi connectivity index (χ2n) is 15.0. The molecule has 2 aliphatic heterocycles. The number of benzodiazepines with no additional fused rings is 1. The summed E-state index contributed by atoms with van der Waals surface area (Å²) in [4.78, 5) is 38.3. The molecular formula is C47H52Cl2N10O6. The molecule has 1 aromatic heterocycles. The van der Waals surface area contributed by atoms with Gasteiger partial charge in [-0.1, -0.05) is 47.5 Å². The number of ether oxygens (including phenoxy) is 4. The molecule has 5 aromatic rings. The molecule has 0 spiro atoms. The Morgan fingerprint density at radius 3 is 1.94 bits per heavy atom. The highest BCUT2D eigenvalue weighted by molar-refractivity contribution is 6.31. The quantitative estimate of drug-likeness (QED) is 0.0485. The number of aryl methyl sites for hydroxylation is 1. The summed E-state index contributed by atoms with van der Waals surface area (Å²) in [5.74, 6) is 8.60. The van der Waals surface area contributed by atoms with Crippen molar-refractivity contribution < 1.29 is 28.5 Å². The van der Waals surface area contributed by atoms with Gasteiger partial charge in [0.2, 0.25) is 11.8 Å². The molecule has 4 N–H and O–H groups in total. The van der Waals surface area contributed by atoms with Gasteiger partial charge in [-0.15, -0.1) is 10.2 Å². The van der Waals surface area contributed by atoms with E-state index in [1.165, 1.54) is 0 Å². The number of hydrogen-bond acceptors (Lipinski definition) is 12. The monoisotopic (exact) mass is 922 g/mol. The fourth-order valence-corrected chi connectivity index (χ4v) is 8.00. The van der Waals surface area contributed by atoms with Gasteiger partial charge in [-0.3, -0.25) is 24.1 Å². The number of methoxy groups -OCH3 is 1. The maximum atomic E-state index is 13.4. The lowest BCUT2D eigenvalue weighted by Gasteiger charge is -2.27. The summed E-state index contributed by atoms with van der Waals surface area (Å²) in [5, 5.41) is 19.9. The van der Waals surface area contributed by atoms with E-state index in [1.54, 1.807) is 19.2 Å². The lowest BCUT2D eigenvalue weighted by Crippen LogP contribution is -2.41. The van der Waals surface area contributed by atoms with E-state index in [0.717, 1.165) is 33.6 Å². The van der Waals surface area contributed by atoms with E-state index in [-0.39, 0.29) is 37.9 Å². The van der Waals surface area contributed by atoms with Crippen LogP contribution in [-0.4, -0.2) is 110 Å². The molecule has 0 saturated heterocycles. The van der Waals surface area contributed by atoms with Gasteiger partial charge in [0.25, 0.3) is 0 Å². The van der Waals surface area contributed by atoms with Crippen molar-refractivity contribution in [2.24, 2.45) is 20.9 Å². The highest BCUT2D eigenvalue weighted by Gasteiger charge is 2.33.